The summed E-state index contributed by atoms with van der Waals surface area (Å²) in [6.07, 6.45) is 2.40. The highest BCUT2D eigenvalue weighted by molar-refractivity contribution is 7.14. The molecule has 0 radical (unpaired) electrons. The lowest BCUT2D eigenvalue weighted by molar-refractivity contribution is -0.130. The van der Waals surface area contributed by atoms with E-state index in [1.807, 2.05) is 19.9 Å². The fourth-order valence-corrected chi connectivity index (χ4v) is 3.19. The van der Waals surface area contributed by atoms with Crippen molar-refractivity contribution in [3.8, 4) is 0 Å². The summed E-state index contributed by atoms with van der Waals surface area (Å²) in [7, 11) is 0. The molecule has 1 N–H and O–H groups in total. The number of hydrogen-bond donors (Lipinski definition) is 1. The summed E-state index contributed by atoms with van der Waals surface area (Å²) in [5, 5.41) is 2.72. The van der Waals surface area contributed by atoms with E-state index in [1.54, 1.807) is 13.0 Å². The van der Waals surface area contributed by atoms with E-state index in [1.165, 1.54) is 11.3 Å². The van der Waals surface area contributed by atoms with Crippen LogP contribution in [0, 0.1) is 6.92 Å². The third-order valence-corrected chi connectivity index (χ3v) is 4.73. The van der Waals surface area contributed by atoms with Crippen molar-refractivity contribution < 1.29 is 14.4 Å². The molecule has 5 nitrogen and oxygen atoms in total. The second kappa shape index (κ2) is 5.97. The van der Waals surface area contributed by atoms with Gasteiger partial charge in [0.05, 0.1) is 11.4 Å². The first-order valence-electron chi connectivity index (χ1n) is 7.11. The lowest BCUT2D eigenvalue weighted by Gasteiger charge is -2.21. The van der Waals surface area contributed by atoms with Gasteiger partial charge in [-0.2, -0.15) is 0 Å². The smallest absolute Gasteiger partial charge is 0.323 e. The molecule has 1 aliphatic rings. The predicted octanol–water partition coefficient (Wildman–Crippen LogP) is 2.74. The molecule has 3 amide bonds. The maximum Gasteiger partial charge on any atom is 0.325 e. The molecule has 0 aromatic carbocycles. The number of carbonyl (C=O) groups is 3. The van der Waals surface area contributed by atoms with Crippen LogP contribution in [0.15, 0.2) is 12.1 Å². The number of aryl methyl sites for hydroxylation is 1. The lowest BCUT2D eigenvalue weighted by Crippen LogP contribution is -2.44. The van der Waals surface area contributed by atoms with Crippen molar-refractivity contribution in [1.82, 2.24) is 10.2 Å². The monoisotopic (exact) mass is 308 g/mol. The first kappa shape index (κ1) is 15.7. The van der Waals surface area contributed by atoms with Crippen LogP contribution in [0.3, 0.4) is 0 Å². The number of rotatable bonds is 6. The van der Waals surface area contributed by atoms with Gasteiger partial charge in [0.2, 0.25) is 0 Å². The Kier molecular flexibility index (Phi) is 4.46. The number of hydrogen-bond acceptors (Lipinski definition) is 4. The normalized spacial score (nSPS) is 21.8. The van der Waals surface area contributed by atoms with Crippen LogP contribution in [-0.4, -0.2) is 34.7 Å². The Bertz CT molecular complexity index is 581. The van der Waals surface area contributed by atoms with Crippen molar-refractivity contribution in [3.05, 3.63) is 21.9 Å². The van der Waals surface area contributed by atoms with E-state index in [0.29, 0.717) is 11.3 Å². The summed E-state index contributed by atoms with van der Waals surface area (Å²) in [4.78, 5) is 39.2. The standard InChI is InChI=1S/C15H20N2O3S/c1-4-5-8-15(3)13(19)17(14(20)16-15)9-11(18)12-7-6-10(2)21-12/h6-7H,4-5,8-9H2,1-3H3,(H,16,20)/t15-/m0/s1. The van der Waals surface area contributed by atoms with Gasteiger partial charge in [0.25, 0.3) is 5.91 Å². The van der Waals surface area contributed by atoms with E-state index >= 15 is 0 Å². The fourth-order valence-electron chi connectivity index (χ4n) is 2.40. The number of carbonyl (C=O) groups excluding carboxylic acids is 3. The third kappa shape index (κ3) is 3.15. The number of nitrogens with one attached hydrogen (secondary N) is 1. The largest absolute Gasteiger partial charge is 0.325 e. The zero-order chi connectivity index (χ0) is 15.6. The van der Waals surface area contributed by atoms with Gasteiger partial charge in [-0.3, -0.25) is 14.5 Å². The van der Waals surface area contributed by atoms with Crippen LogP contribution in [0.4, 0.5) is 4.79 Å². The zero-order valence-electron chi connectivity index (χ0n) is 12.6. The lowest BCUT2D eigenvalue weighted by atomic mass is 9.95. The van der Waals surface area contributed by atoms with Crippen LogP contribution in [0.25, 0.3) is 0 Å². The van der Waals surface area contributed by atoms with Gasteiger partial charge in [-0.05, 0) is 32.4 Å². The summed E-state index contributed by atoms with van der Waals surface area (Å²) in [5.41, 5.74) is -0.876. The molecule has 1 fully saturated rings. The summed E-state index contributed by atoms with van der Waals surface area (Å²) in [6.45, 7) is 5.48. The molecule has 1 saturated heterocycles. The van der Waals surface area contributed by atoms with Gasteiger partial charge in [0.1, 0.15) is 5.54 Å². The highest BCUT2D eigenvalue weighted by atomic mass is 32.1. The minimum Gasteiger partial charge on any atom is -0.323 e. The molecule has 0 unspecified atom stereocenters. The highest BCUT2D eigenvalue weighted by Crippen LogP contribution is 2.24. The van der Waals surface area contributed by atoms with Crippen LogP contribution in [0.2, 0.25) is 0 Å². The molecule has 1 aromatic heterocycles. The van der Waals surface area contributed by atoms with Crippen LogP contribution >= 0.6 is 11.3 Å². The summed E-state index contributed by atoms with van der Waals surface area (Å²) < 4.78 is 0. The van der Waals surface area contributed by atoms with Gasteiger partial charge in [-0.25, -0.2) is 4.79 Å². The number of imide groups is 1. The highest BCUT2D eigenvalue weighted by Gasteiger charge is 2.47. The van der Waals surface area contributed by atoms with Gasteiger partial charge in [0.15, 0.2) is 5.78 Å². The SMILES string of the molecule is CCCC[C@]1(C)NC(=O)N(CC(=O)c2ccc(C)s2)C1=O. The molecule has 0 bridgehead atoms. The molecule has 0 aliphatic carbocycles. The van der Waals surface area contributed by atoms with Crippen LogP contribution in [-0.2, 0) is 4.79 Å². The Morgan fingerprint density at radius 1 is 1.38 bits per heavy atom. The first-order chi connectivity index (χ1) is 9.87. The van der Waals surface area contributed by atoms with E-state index in [-0.39, 0.29) is 18.2 Å². The van der Waals surface area contributed by atoms with Gasteiger partial charge in [-0.15, -0.1) is 11.3 Å². The van der Waals surface area contributed by atoms with E-state index in [2.05, 4.69) is 5.32 Å². The second-order valence-corrected chi connectivity index (χ2v) is 6.88. The first-order valence-corrected chi connectivity index (χ1v) is 7.93. The second-order valence-electron chi connectivity index (χ2n) is 5.59. The number of amides is 3. The molecule has 1 aromatic rings. The average Bonchev–Trinajstić information content (AvgIpc) is 2.95. The summed E-state index contributed by atoms with van der Waals surface area (Å²) in [6, 6.07) is 3.12. The zero-order valence-corrected chi connectivity index (χ0v) is 13.4. The molecule has 0 spiro atoms. The Balaban J connectivity index is 2.08. The van der Waals surface area contributed by atoms with Crippen LogP contribution in [0.1, 0.15) is 47.7 Å². The average molecular weight is 308 g/mol. The fraction of sp³-hybridized carbons (Fsp3) is 0.533. The maximum atomic E-state index is 12.4. The number of unbranched alkanes of at least 4 members (excludes halogenated alkanes) is 1. The number of thiophene rings is 1. The van der Waals surface area contributed by atoms with Gasteiger partial charge >= 0.3 is 6.03 Å². The molecule has 21 heavy (non-hydrogen) atoms. The molecule has 6 heteroatoms. The van der Waals surface area contributed by atoms with Crippen molar-refractivity contribution in [1.29, 1.82) is 0 Å². The molecular weight excluding hydrogens is 288 g/mol. The molecule has 0 saturated carbocycles. The summed E-state index contributed by atoms with van der Waals surface area (Å²) in [5.74, 6) is -0.501. The van der Waals surface area contributed by atoms with Crippen molar-refractivity contribution in [2.75, 3.05) is 6.54 Å². The van der Waals surface area contributed by atoms with Crippen LogP contribution < -0.4 is 5.32 Å². The molecule has 1 aliphatic heterocycles. The van der Waals surface area contributed by atoms with E-state index in [4.69, 9.17) is 0 Å². The topological polar surface area (TPSA) is 66.5 Å². The number of nitrogens with zero attached hydrogens (tertiary/aromatic N) is 1. The van der Waals surface area contributed by atoms with Crippen LogP contribution in [0.5, 0.6) is 0 Å². The Labute approximate surface area is 128 Å². The number of urea groups is 1. The molecule has 114 valence electrons. The van der Waals surface area contributed by atoms with E-state index in [0.717, 1.165) is 22.6 Å². The number of ketones is 1. The van der Waals surface area contributed by atoms with Crippen molar-refractivity contribution in [2.45, 2.75) is 45.6 Å². The van der Waals surface area contributed by atoms with Gasteiger partial charge in [-0.1, -0.05) is 19.8 Å². The molecule has 1 atom stereocenters. The minimum atomic E-state index is -0.876. The minimum absolute atomic E-state index is 0.188. The molecule has 2 heterocycles. The van der Waals surface area contributed by atoms with Crippen molar-refractivity contribution in [3.63, 3.8) is 0 Å². The maximum absolute atomic E-state index is 12.4. The van der Waals surface area contributed by atoms with Gasteiger partial charge in [0, 0.05) is 4.88 Å². The van der Waals surface area contributed by atoms with E-state index < -0.39 is 11.6 Å². The Morgan fingerprint density at radius 2 is 2.10 bits per heavy atom. The van der Waals surface area contributed by atoms with Crippen molar-refractivity contribution >= 4 is 29.1 Å². The summed E-state index contributed by atoms with van der Waals surface area (Å²) >= 11 is 1.38. The Hall–Kier alpha value is -1.69. The predicted molar refractivity (Wildman–Crippen MR) is 81.6 cm³/mol. The third-order valence-electron chi connectivity index (χ3n) is 3.69. The van der Waals surface area contributed by atoms with E-state index in [9.17, 15) is 14.4 Å². The van der Waals surface area contributed by atoms with Gasteiger partial charge < -0.3 is 5.32 Å². The molecular formula is C15H20N2O3S. The Morgan fingerprint density at radius 3 is 2.67 bits per heavy atom. The van der Waals surface area contributed by atoms with Crippen molar-refractivity contribution in [2.24, 2.45) is 0 Å². The quantitative estimate of drug-likeness (QED) is 0.649. The molecule has 2 rings (SSSR count). The number of Topliss-reactive ketones (excluding diaryl/α,β-unsaturated/α-hetero) is 1.